The van der Waals surface area contributed by atoms with Gasteiger partial charge in [-0.25, -0.2) is 9.97 Å². The van der Waals surface area contributed by atoms with E-state index in [1.165, 1.54) is 19.3 Å². The Labute approximate surface area is 149 Å². The highest BCUT2D eigenvalue weighted by atomic mass is 16.1. The number of carbonyl (C=O) groups is 1. The lowest BCUT2D eigenvalue weighted by Gasteiger charge is -2.23. The van der Waals surface area contributed by atoms with Crippen LogP contribution < -0.4 is 10.6 Å². The van der Waals surface area contributed by atoms with Crippen LogP contribution in [-0.4, -0.2) is 21.9 Å². The lowest BCUT2D eigenvalue weighted by Crippen LogP contribution is -2.24. The maximum absolute atomic E-state index is 12.6. The fourth-order valence-electron chi connectivity index (χ4n) is 3.35. The van der Waals surface area contributed by atoms with Gasteiger partial charge in [-0.1, -0.05) is 44.4 Å². The van der Waals surface area contributed by atoms with Crippen LogP contribution >= 0.6 is 0 Å². The average Bonchev–Trinajstić information content (AvgIpc) is 2.62. The molecule has 1 aromatic heterocycles. The highest BCUT2D eigenvalue weighted by molar-refractivity contribution is 6.03. The molecule has 0 atom stereocenters. The Morgan fingerprint density at radius 1 is 1.16 bits per heavy atom. The molecule has 1 heterocycles. The molecule has 1 aliphatic carbocycles. The van der Waals surface area contributed by atoms with Crippen molar-refractivity contribution in [3.63, 3.8) is 0 Å². The van der Waals surface area contributed by atoms with Crippen molar-refractivity contribution in [2.24, 2.45) is 0 Å². The van der Waals surface area contributed by atoms with Crippen molar-refractivity contribution in [1.82, 2.24) is 9.97 Å². The van der Waals surface area contributed by atoms with E-state index in [2.05, 4.69) is 27.5 Å². The van der Waals surface area contributed by atoms with E-state index >= 15 is 0 Å². The van der Waals surface area contributed by atoms with Gasteiger partial charge in [-0.3, -0.25) is 4.79 Å². The van der Waals surface area contributed by atoms with Crippen molar-refractivity contribution in [3.8, 4) is 0 Å². The molecule has 0 bridgehead atoms. The van der Waals surface area contributed by atoms with Gasteiger partial charge in [-0.2, -0.15) is 0 Å². The highest BCUT2D eigenvalue weighted by Crippen LogP contribution is 2.22. The van der Waals surface area contributed by atoms with Gasteiger partial charge >= 0.3 is 0 Å². The van der Waals surface area contributed by atoms with Crippen molar-refractivity contribution in [2.45, 2.75) is 58.4 Å². The van der Waals surface area contributed by atoms with E-state index in [1.807, 2.05) is 31.2 Å². The van der Waals surface area contributed by atoms with Crippen LogP contribution in [0.2, 0.25) is 0 Å². The predicted octanol–water partition coefficient (Wildman–Crippen LogP) is 4.34. The minimum atomic E-state index is -0.196. The number of anilines is 2. The second kappa shape index (κ2) is 8.10. The molecule has 5 nitrogen and oxygen atoms in total. The zero-order valence-electron chi connectivity index (χ0n) is 15.0. The summed E-state index contributed by atoms with van der Waals surface area (Å²) in [6.07, 6.45) is 7.01. The monoisotopic (exact) mass is 338 g/mol. The lowest BCUT2D eigenvalue weighted by molar-refractivity contribution is 0.102. The summed E-state index contributed by atoms with van der Waals surface area (Å²) in [5.74, 6) is 1.15. The number of amides is 1. The van der Waals surface area contributed by atoms with Crippen molar-refractivity contribution in [1.29, 1.82) is 0 Å². The molecule has 1 saturated carbocycles. The number of rotatable bonds is 5. The smallest absolute Gasteiger partial charge is 0.274 e. The van der Waals surface area contributed by atoms with E-state index in [1.54, 1.807) is 6.07 Å². The number of aromatic nitrogens is 2. The molecule has 25 heavy (non-hydrogen) atoms. The van der Waals surface area contributed by atoms with E-state index in [-0.39, 0.29) is 5.91 Å². The van der Waals surface area contributed by atoms with Gasteiger partial charge in [0, 0.05) is 17.8 Å². The number of hydrogen-bond donors (Lipinski definition) is 2. The van der Waals surface area contributed by atoms with Crippen LogP contribution in [0.5, 0.6) is 0 Å². The van der Waals surface area contributed by atoms with E-state index in [0.29, 0.717) is 17.6 Å². The van der Waals surface area contributed by atoms with Gasteiger partial charge in [0.15, 0.2) is 0 Å². The summed E-state index contributed by atoms with van der Waals surface area (Å²) in [4.78, 5) is 21.4. The first-order valence-electron chi connectivity index (χ1n) is 9.17. The van der Waals surface area contributed by atoms with Crippen molar-refractivity contribution in [3.05, 3.63) is 47.4 Å². The summed E-state index contributed by atoms with van der Waals surface area (Å²) in [5.41, 5.74) is 2.35. The summed E-state index contributed by atoms with van der Waals surface area (Å²) in [6.45, 7) is 3.90. The second-order valence-corrected chi connectivity index (χ2v) is 6.63. The molecule has 3 rings (SSSR count). The Morgan fingerprint density at radius 2 is 1.92 bits per heavy atom. The van der Waals surface area contributed by atoms with Crippen molar-refractivity contribution < 1.29 is 4.79 Å². The van der Waals surface area contributed by atoms with Crippen LogP contribution in [0, 0.1) is 6.92 Å². The van der Waals surface area contributed by atoms with Gasteiger partial charge in [-0.05, 0) is 37.8 Å². The molecule has 0 radical (unpaired) electrons. The van der Waals surface area contributed by atoms with Crippen LogP contribution in [-0.2, 0) is 6.42 Å². The molecule has 0 unspecified atom stereocenters. The van der Waals surface area contributed by atoms with Crippen LogP contribution in [0.4, 0.5) is 11.5 Å². The van der Waals surface area contributed by atoms with Crippen molar-refractivity contribution >= 4 is 17.4 Å². The number of aryl methyl sites for hydroxylation is 2. The molecule has 0 spiro atoms. The van der Waals surface area contributed by atoms with Gasteiger partial charge in [0.05, 0.1) is 0 Å². The molecule has 0 saturated heterocycles. The summed E-state index contributed by atoms with van der Waals surface area (Å²) in [5, 5.41) is 6.45. The maximum atomic E-state index is 12.6. The van der Waals surface area contributed by atoms with E-state index in [9.17, 15) is 4.79 Å². The van der Waals surface area contributed by atoms with Gasteiger partial charge in [-0.15, -0.1) is 0 Å². The molecular formula is C20H26N4O. The largest absolute Gasteiger partial charge is 0.367 e. The maximum Gasteiger partial charge on any atom is 0.274 e. The molecule has 1 aliphatic rings. The van der Waals surface area contributed by atoms with Gasteiger partial charge in [0.1, 0.15) is 17.3 Å². The number of para-hydroxylation sites is 1. The lowest BCUT2D eigenvalue weighted by atomic mass is 9.95. The number of nitrogens with one attached hydrogen (secondary N) is 2. The number of nitrogens with zero attached hydrogens (tertiary/aromatic N) is 2. The third-order valence-corrected chi connectivity index (χ3v) is 4.67. The van der Waals surface area contributed by atoms with E-state index in [0.717, 1.165) is 36.3 Å². The van der Waals surface area contributed by atoms with Gasteiger partial charge in [0.25, 0.3) is 5.91 Å². The Balaban J connectivity index is 1.75. The fourth-order valence-corrected chi connectivity index (χ4v) is 3.35. The Bertz CT molecular complexity index is 738. The van der Waals surface area contributed by atoms with Crippen LogP contribution in [0.25, 0.3) is 0 Å². The first-order valence-corrected chi connectivity index (χ1v) is 9.17. The summed E-state index contributed by atoms with van der Waals surface area (Å²) < 4.78 is 0. The molecule has 1 fully saturated rings. The molecule has 2 N–H and O–H groups in total. The average molecular weight is 338 g/mol. The SMILES string of the molecule is CCc1ccccc1NC(=O)c1cc(NC2CCCCC2)nc(C)n1. The number of carbonyl (C=O) groups excluding carboxylic acids is 1. The topological polar surface area (TPSA) is 66.9 Å². The van der Waals surface area contributed by atoms with Gasteiger partial charge < -0.3 is 10.6 Å². The van der Waals surface area contributed by atoms with Crippen LogP contribution in [0.15, 0.2) is 30.3 Å². The normalized spacial score (nSPS) is 15.0. The van der Waals surface area contributed by atoms with E-state index < -0.39 is 0 Å². The molecule has 0 aliphatic heterocycles. The minimum Gasteiger partial charge on any atom is -0.367 e. The zero-order valence-corrected chi connectivity index (χ0v) is 15.0. The fraction of sp³-hybridized carbons (Fsp3) is 0.450. The quantitative estimate of drug-likeness (QED) is 0.851. The van der Waals surface area contributed by atoms with E-state index in [4.69, 9.17) is 0 Å². The zero-order chi connectivity index (χ0) is 17.6. The molecular weight excluding hydrogens is 312 g/mol. The summed E-state index contributed by atoms with van der Waals surface area (Å²) in [6, 6.07) is 10.1. The molecule has 1 aromatic carbocycles. The van der Waals surface area contributed by atoms with Crippen LogP contribution in [0.3, 0.4) is 0 Å². The molecule has 2 aromatic rings. The first-order chi connectivity index (χ1) is 12.2. The standard InChI is InChI=1S/C20H26N4O/c1-3-15-9-7-8-12-17(15)24-20(25)18-13-19(22-14(2)21-18)23-16-10-5-4-6-11-16/h7-9,12-13,16H,3-6,10-11H2,1-2H3,(H,24,25)(H,21,22,23). The third-order valence-electron chi connectivity index (χ3n) is 4.67. The minimum absolute atomic E-state index is 0.196. The Morgan fingerprint density at radius 3 is 2.68 bits per heavy atom. The van der Waals surface area contributed by atoms with Gasteiger partial charge in [0.2, 0.25) is 0 Å². The summed E-state index contributed by atoms with van der Waals surface area (Å²) in [7, 11) is 0. The molecule has 5 heteroatoms. The number of benzene rings is 1. The Hall–Kier alpha value is -2.43. The second-order valence-electron chi connectivity index (χ2n) is 6.63. The first kappa shape index (κ1) is 17.4. The van der Waals surface area contributed by atoms with Crippen molar-refractivity contribution in [2.75, 3.05) is 10.6 Å². The summed E-state index contributed by atoms with van der Waals surface area (Å²) >= 11 is 0. The molecule has 132 valence electrons. The molecule has 1 amide bonds. The predicted molar refractivity (Wildman–Crippen MR) is 101 cm³/mol. The number of hydrogen-bond acceptors (Lipinski definition) is 4. The Kier molecular flexibility index (Phi) is 5.64. The highest BCUT2D eigenvalue weighted by Gasteiger charge is 2.16. The van der Waals surface area contributed by atoms with Crippen LogP contribution in [0.1, 0.15) is 60.9 Å². The third kappa shape index (κ3) is 4.56.